The van der Waals surface area contributed by atoms with Crippen molar-refractivity contribution in [1.82, 2.24) is 25.1 Å². The lowest BCUT2D eigenvalue weighted by molar-refractivity contribution is -0.172. The summed E-state index contributed by atoms with van der Waals surface area (Å²) in [7, 11) is 0. The van der Waals surface area contributed by atoms with E-state index < -0.39 is 23.4 Å². The fraction of sp³-hybridized carbons (Fsp3) is 0.400. The van der Waals surface area contributed by atoms with Crippen molar-refractivity contribution in [2.24, 2.45) is 0 Å². The Morgan fingerprint density at radius 2 is 1.76 bits per heavy atom. The highest BCUT2D eigenvalue weighted by atomic mass is 16.7. The van der Waals surface area contributed by atoms with Crippen LogP contribution in [0, 0.1) is 0 Å². The maximum Gasteiger partial charge on any atom is 0.343 e. The van der Waals surface area contributed by atoms with E-state index in [1.807, 2.05) is 6.07 Å². The number of carbonyl (C=O) groups is 5. The molecule has 0 saturated carbocycles. The van der Waals surface area contributed by atoms with Crippen LogP contribution in [0.15, 0.2) is 35.1 Å². The lowest BCUT2D eigenvalue weighted by Crippen LogP contribution is -2.44. The first-order chi connectivity index (χ1) is 24.6. The van der Waals surface area contributed by atoms with Crippen molar-refractivity contribution >= 4 is 40.4 Å². The number of carbonyl (C=O) groups excluding carboxylic acids is 5. The summed E-state index contributed by atoms with van der Waals surface area (Å²) >= 11 is 0. The normalized spacial score (nSPS) is 18.2. The van der Waals surface area contributed by atoms with Crippen molar-refractivity contribution in [3.63, 3.8) is 0 Å². The number of hydrogen-bond acceptors (Lipinski definition) is 13. The van der Waals surface area contributed by atoms with Gasteiger partial charge in [-0.3, -0.25) is 28.9 Å². The second-order valence-corrected chi connectivity index (χ2v) is 12.5. The lowest BCUT2D eigenvalue weighted by atomic mass is 9.86. The predicted molar refractivity (Wildman–Crippen MR) is 176 cm³/mol. The highest BCUT2D eigenvalue weighted by Gasteiger charge is 2.45. The van der Waals surface area contributed by atoms with Gasteiger partial charge in [0.05, 0.1) is 48.8 Å². The number of ketones is 1. The van der Waals surface area contributed by atoms with Crippen LogP contribution >= 0.6 is 0 Å². The summed E-state index contributed by atoms with van der Waals surface area (Å²) < 4.78 is 23.5. The lowest BCUT2D eigenvalue weighted by Gasteiger charge is -2.31. The van der Waals surface area contributed by atoms with Gasteiger partial charge in [-0.1, -0.05) is 6.92 Å². The third-order valence-electron chi connectivity index (χ3n) is 9.48. The second-order valence-electron chi connectivity index (χ2n) is 12.5. The van der Waals surface area contributed by atoms with Gasteiger partial charge in [0.15, 0.2) is 17.1 Å². The maximum atomic E-state index is 13.7. The molecule has 3 aromatic rings. The summed E-state index contributed by atoms with van der Waals surface area (Å²) in [5.41, 5.74) is 1.26. The molecule has 16 heteroatoms. The molecule has 1 aromatic carbocycles. The molecule has 0 radical (unpaired) electrons. The number of ether oxygens (including phenoxy) is 4. The number of nitrogens with one attached hydrogen (secondary N) is 2. The van der Waals surface area contributed by atoms with Gasteiger partial charge >= 0.3 is 5.97 Å². The molecule has 4 aliphatic rings. The summed E-state index contributed by atoms with van der Waals surface area (Å²) in [5.74, 6) is -1.03. The first-order valence-electron chi connectivity index (χ1n) is 16.6. The van der Waals surface area contributed by atoms with Gasteiger partial charge in [0.25, 0.3) is 17.4 Å². The number of cyclic esters (lactones) is 1. The number of benzene rings is 1. The first kappa shape index (κ1) is 34.0. The fourth-order valence-electron chi connectivity index (χ4n) is 6.67. The van der Waals surface area contributed by atoms with E-state index in [1.165, 1.54) is 0 Å². The average Bonchev–Trinajstić information content (AvgIpc) is 3.82. The summed E-state index contributed by atoms with van der Waals surface area (Å²) in [6, 6.07) is 5.25. The Hall–Kier alpha value is -5.45. The Morgan fingerprint density at radius 1 is 1.00 bits per heavy atom. The summed E-state index contributed by atoms with van der Waals surface area (Å²) in [5, 5.41) is 17.9. The molecule has 3 amide bonds. The second kappa shape index (κ2) is 13.7. The van der Waals surface area contributed by atoms with E-state index in [2.05, 4.69) is 10.6 Å². The van der Waals surface area contributed by atoms with Gasteiger partial charge in [0.2, 0.25) is 12.7 Å². The number of imide groups is 1. The Kier molecular flexibility index (Phi) is 9.13. The van der Waals surface area contributed by atoms with Gasteiger partial charge in [-0.05, 0) is 24.1 Å². The molecule has 16 nitrogen and oxygen atoms in total. The zero-order valence-corrected chi connectivity index (χ0v) is 27.7. The molecule has 4 aliphatic heterocycles. The number of Topliss-reactive ketones (excluding diaryl/α,β-unsaturated/α-hetero) is 1. The summed E-state index contributed by atoms with van der Waals surface area (Å²) in [6.45, 7) is 2.50. The van der Waals surface area contributed by atoms with E-state index in [4.69, 9.17) is 23.9 Å². The minimum Gasteiger partial charge on any atom is -0.458 e. The minimum atomic E-state index is -1.95. The monoisotopic (exact) mass is 701 g/mol. The number of rotatable bonds is 14. The zero-order chi connectivity index (χ0) is 35.9. The zero-order valence-electron chi connectivity index (χ0n) is 27.7. The molecular weight excluding hydrogens is 666 g/mol. The molecular formula is C35H35N5O11. The number of nitrogens with zero attached hydrogens (tertiary/aromatic N) is 3. The minimum absolute atomic E-state index is 0.00441. The van der Waals surface area contributed by atoms with Crippen LogP contribution in [0.5, 0.6) is 11.5 Å². The number of amides is 3. The molecule has 0 bridgehead atoms. The molecule has 0 unspecified atom stereocenters. The highest BCUT2D eigenvalue weighted by molar-refractivity contribution is 6.13. The fourth-order valence-corrected chi connectivity index (χ4v) is 6.67. The number of esters is 1. The van der Waals surface area contributed by atoms with Crippen molar-refractivity contribution in [2.45, 2.75) is 51.5 Å². The molecule has 6 heterocycles. The van der Waals surface area contributed by atoms with Crippen LogP contribution in [0.25, 0.3) is 22.3 Å². The Labute approximate surface area is 290 Å². The third-order valence-corrected chi connectivity index (χ3v) is 9.48. The van der Waals surface area contributed by atoms with E-state index in [0.29, 0.717) is 28.4 Å². The number of pyridine rings is 2. The van der Waals surface area contributed by atoms with E-state index >= 15 is 0 Å². The van der Waals surface area contributed by atoms with Crippen LogP contribution in [-0.4, -0.2) is 88.7 Å². The molecule has 0 saturated heterocycles. The van der Waals surface area contributed by atoms with Crippen LogP contribution < -0.4 is 25.7 Å². The molecule has 7 rings (SSSR count). The molecule has 0 spiro atoms. The van der Waals surface area contributed by atoms with Crippen LogP contribution in [-0.2, 0) is 58.7 Å². The predicted octanol–water partition coefficient (Wildman–Crippen LogP) is 0.305. The topological polar surface area (TPSA) is 205 Å². The SMILES string of the molecule is CC[C@@]1(O)C(=O)OCc2c1cc1n(c2=O)Cc2c-1nc1cc3c(cc1c2CNCC(=O)CCOCCNC(=O)CCN1C(=O)C=CC1=O)OCO3. The van der Waals surface area contributed by atoms with Gasteiger partial charge in [0, 0.05) is 67.2 Å². The highest BCUT2D eigenvalue weighted by Crippen LogP contribution is 2.43. The van der Waals surface area contributed by atoms with Crippen molar-refractivity contribution in [3.8, 4) is 22.9 Å². The molecule has 266 valence electrons. The Balaban J connectivity index is 0.990. The molecule has 0 fully saturated rings. The Morgan fingerprint density at radius 3 is 2.53 bits per heavy atom. The van der Waals surface area contributed by atoms with E-state index in [0.717, 1.165) is 33.6 Å². The molecule has 2 aromatic heterocycles. The quantitative estimate of drug-likeness (QED) is 0.0921. The molecule has 1 atom stereocenters. The number of aromatic nitrogens is 2. The van der Waals surface area contributed by atoms with Crippen molar-refractivity contribution in [1.29, 1.82) is 0 Å². The van der Waals surface area contributed by atoms with Crippen molar-refractivity contribution < 1.29 is 48.0 Å². The standard InChI is InChI=1S/C35H35N5O11/c1-2-35(47)24-12-26-32-22(16-40(26)33(45)23(24)17-49-34(35)46)21(20-11-27-28(51-18-50-27)13-25(20)38-32)15-36-14-19(41)6-9-48-10-7-37-29(42)5-8-39-30(43)3-4-31(39)44/h3-4,11-13,36,47H,2,5-10,14-18H2,1H3,(H,37,42)/t35-/m0/s1. The third kappa shape index (κ3) is 6.26. The average molecular weight is 702 g/mol. The number of aliphatic hydroxyl groups is 1. The summed E-state index contributed by atoms with van der Waals surface area (Å²) in [4.78, 5) is 80.2. The largest absolute Gasteiger partial charge is 0.458 e. The van der Waals surface area contributed by atoms with E-state index in [-0.39, 0.29) is 107 Å². The van der Waals surface area contributed by atoms with Gasteiger partial charge in [0.1, 0.15) is 12.4 Å². The number of fused-ring (bicyclic) bond motifs is 6. The van der Waals surface area contributed by atoms with Gasteiger partial charge in [-0.25, -0.2) is 9.78 Å². The molecule has 3 N–H and O–H groups in total. The van der Waals surface area contributed by atoms with Crippen LogP contribution in [0.4, 0.5) is 0 Å². The smallest absolute Gasteiger partial charge is 0.343 e. The van der Waals surface area contributed by atoms with Crippen LogP contribution in [0.2, 0.25) is 0 Å². The van der Waals surface area contributed by atoms with Crippen molar-refractivity contribution in [3.05, 3.63) is 63.0 Å². The first-order valence-corrected chi connectivity index (χ1v) is 16.6. The Bertz CT molecular complexity index is 2070. The van der Waals surface area contributed by atoms with E-state index in [9.17, 15) is 33.9 Å². The van der Waals surface area contributed by atoms with Crippen LogP contribution in [0.1, 0.15) is 48.4 Å². The molecule has 0 aliphatic carbocycles. The van der Waals surface area contributed by atoms with Gasteiger partial charge in [-0.2, -0.15) is 0 Å². The molecule has 51 heavy (non-hydrogen) atoms. The van der Waals surface area contributed by atoms with Gasteiger partial charge in [-0.15, -0.1) is 0 Å². The van der Waals surface area contributed by atoms with Gasteiger partial charge < -0.3 is 39.3 Å². The summed E-state index contributed by atoms with van der Waals surface area (Å²) in [6.07, 6.45) is 2.47. The van der Waals surface area contributed by atoms with E-state index in [1.54, 1.807) is 23.6 Å². The maximum absolute atomic E-state index is 13.7. The van der Waals surface area contributed by atoms with Crippen molar-refractivity contribution in [2.75, 3.05) is 39.6 Å². The number of hydrogen-bond donors (Lipinski definition) is 3. The van der Waals surface area contributed by atoms with Crippen LogP contribution in [0.3, 0.4) is 0 Å².